The summed E-state index contributed by atoms with van der Waals surface area (Å²) in [6.07, 6.45) is 0. The Hall–Kier alpha value is -0.810. The molecule has 0 saturated carbocycles. The summed E-state index contributed by atoms with van der Waals surface area (Å²) in [5.41, 5.74) is -0.229. The predicted octanol–water partition coefficient (Wildman–Crippen LogP) is 1.70. The zero-order chi connectivity index (χ0) is 16.0. The molecule has 0 aliphatic carbocycles. The van der Waals surface area contributed by atoms with Crippen LogP contribution in [-0.4, -0.2) is 61.8 Å². The number of hydrogen-bond donors (Lipinski definition) is 2. The molecular formula is C16H34N4O. The predicted molar refractivity (Wildman–Crippen MR) is 89.9 cm³/mol. The van der Waals surface area contributed by atoms with Crippen molar-refractivity contribution in [2.45, 2.75) is 59.2 Å². The van der Waals surface area contributed by atoms with E-state index in [0.717, 1.165) is 25.6 Å². The van der Waals surface area contributed by atoms with E-state index in [-0.39, 0.29) is 5.60 Å². The average Bonchev–Trinajstić information content (AvgIpc) is 2.78. The van der Waals surface area contributed by atoms with E-state index in [9.17, 15) is 0 Å². The van der Waals surface area contributed by atoms with E-state index in [1.807, 2.05) is 0 Å². The largest absolute Gasteiger partial charge is 0.377 e. The zero-order valence-corrected chi connectivity index (χ0v) is 14.9. The molecule has 1 aliphatic heterocycles. The molecule has 0 amide bonds. The number of ether oxygens (including phenoxy) is 1. The van der Waals surface area contributed by atoms with Gasteiger partial charge in [0, 0.05) is 38.8 Å². The third-order valence-corrected chi connectivity index (χ3v) is 4.21. The Bertz CT molecular complexity index is 341. The molecule has 2 unspecified atom stereocenters. The summed E-state index contributed by atoms with van der Waals surface area (Å²) in [5.74, 6) is 1.52. The van der Waals surface area contributed by atoms with Crippen molar-refractivity contribution in [2.24, 2.45) is 10.9 Å². The monoisotopic (exact) mass is 298 g/mol. The number of nitrogens with zero attached hydrogens (tertiary/aromatic N) is 2. The van der Waals surface area contributed by atoms with Gasteiger partial charge in [0.05, 0.1) is 12.1 Å². The summed E-state index contributed by atoms with van der Waals surface area (Å²) in [4.78, 5) is 7.19. The van der Waals surface area contributed by atoms with Crippen molar-refractivity contribution in [3.8, 4) is 0 Å². The molecule has 1 saturated heterocycles. The smallest absolute Gasteiger partial charge is 0.191 e. The minimum Gasteiger partial charge on any atom is -0.377 e. The van der Waals surface area contributed by atoms with E-state index in [1.165, 1.54) is 0 Å². The fraction of sp³-hybridized carbons (Fsp3) is 0.938. The van der Waals surface area contributed by atoms with Crippen LogP contribution in [0.25, 0.3) is 0 Å². The Balaban J connectivity index is 2.64. The van der Waals surface area contributed by atoms with Crippen LogP contribution in [0.1, 0.15) is 41.5 Å². The van der Waals surface area contributed by atoms with Gasteiger partial charge in [-0.1, -0.05) is 6.92 Å². The molecule has 5 heteroatoms. The summed E-state index contributed by atoms with van der Waals surface area (Å²) in [5, 5.41) is 6.93. The lowest BCUT2D eigenvalue weighted by Gasteiger charge is -2.24. The normalized spacial score (nSPS) is 24.7. The number of nitrogens with one attached hydrogen (secondary N) is 2. The summed E-state index contributed by atoms with van der Waals surface area (Å²) < 4.78 is 5.43. The number of methoxy groups -OCH3 is 1. The Labute approximate surface area is 130 Å². The molecule has 5 nitrogen and oxygen atoms in total. The van der Waals surface area contributed by atoms with E-state index in [4.69, 9.17) is 4.74 Å². The first-order chi connectivity index (χ1) is 9.79. The first-order valence-corrected chi connectivity index (χ1v) is 8.13. The van der Waals surface area contributed by atoms with Crippen molar-refractivity contribution in [1.29, 1.82) is 0 Å². The molecule has 1 fully saturated rings. The van der Waals surface area contributed by atoms with Crippen molar-refractivity contribution in [3.05, 3.63) is 0 Å². The third kappa shape index (κ3) is 5.83. The SMILES string of the molecule is CCNC(=NCC(C)(C)OC)NC1CN(C(C)C)CC1C. The summed E-state index contributed by atoms with van der Waals surface area (Å²) in [7, 11) is 1.73. The van der Waals surface area contributed by atoms with Crippen molar-refractivity contribution >= 4 is 5.96 Å². The van der Waals surface area contributed by atoms with Crippen LogP contribution in [0.2, 0.25) is 0 Å². The van der Waals surface area contributed by atoms with Gasteiger partial charge in [-0.25, -0.2) is 0 Å². The molecule has 1 heterocycles. The molecule has 0 aromatic heterocycles. The van der Waals surface area contributed by atoms with E-state index in [1.54, 1.807) is 7.11 Å². The van der Waals surface area contributed by atoms with Crippen LogP contribution in [0.15, 0.2) is 4.99 Å². The van der Waals surface area contributed by atoms with Crippen LogP contribution in [0.5, 0.6) is 0 Å². The van der Waals surface area contributed by atoms with Gasteiger partial charge in [0.15, 0.2) is 5.96 Å². The molecule has 1 rings (SSSR count). The van der Waals surface area contributed by atoms with Gasteiger partial charge >= 0.3 is 0 Å². The van der Waals surface area contributed by atoms with Gasteiger partial charge in [0.1, 0.15) is 0 Å². The standard InChI is InChI=1S/C16H34N4O/c1-8-17-15(18-11-16(5,6)21-7)19-14-10-20(12(2)3)9-13(14)4/h12-14H,8-11H2,1-7H3,(H2,17,18,19). The molecule has 0 aromatic rings. The van der Waals surface area contributed by atoms with E-state index in [2.05, 4.69) is 62.1 Å². The molecular weight excluding hydrogens is 264 g/mol. The Morgan fingerprint density at radius 2 is 2.05 bits per heavy atom. The molecule has 0 radical (unpaired) electrons. The molecule has 0 bridgehead atoms. The Morgan fingerprint density at radius 3 is 2.52 bits per heavy atom. The molecule has 2 atom stereocenters. The van der Waals surface area contributed by atoms with Crippen LogP contribution < -0.4 is 10.6 Å². The number of hydrogen-bond acceptors (Lipinski definition) is 3. The average molecular weight is 298 g/mol. The summed E-state index contributed by atoms with van der Waals surface area (Å²) in [6.45, 7) is 16.8. The zero-order valence-electron chi connectivity index (χ0n) is 14.9. The lowest BCUT2D eigenvalue weighted by molar-refractivity contribution is 0.0310. The number of aliphatic imine (C=N–C) groups is 1. The second kappa shape index (κ2) is 7.99. The molecule has 0 aromatic carbocycles. The maximum absolute atomic E-state index is 5.43. The summed E-state index contributed by atoms with van der Waals surface area (Å²) in [6, 6.07) is 1.06. The van der Waals surface area contributed by atoms with Gasteiger partial charge < -0.3 is 15.4 Å². The highest BCUT2D eigenvalue weighted by Gasteiger charge is 2.31. The minimum absolute atomic E-state index is 0.229. The fourth-order valence-corrected chi connectivity index (χ4v) is 2.44. The lowest BCUT2D eigenvalue weighted by Crippen LogP contribution is -2.47. The second-order valence-electron chi connectivity index (χ2n) is 6.93. The topological polar surface area (TPSA) is 48.9 Å². The Kier molecular flexibility index (Phi) is 6.94. The van der Waals surface area contributed by atoms with E-state index in [0.29, 0.717) is 24.5 Å². The second-order valence-corrected chi connectivity index (χ2v) is 6.93. The van der Waals surface area contributed by atoms with Crippen LogP contribution in [0.4, 0.5) is 0 Å². The van der Waals surface area contributed by atoms with Gasteiger partial charge in [-0.05, 0) is 40.5 Å². The molecule has 1 aliphatic rings. The third-order valence-electron chi connectivity index (χ3n) is 4.21. The van der Waals surface area contributed by atoms with E-state index >= 15 is 0 Å². The van der Waals surface area contributed by atoms with Crippen LogP contribution >= 0.6 is 0 Å². The van der Waals surface area contributed by atoms with E-state index < -0.39 is 0 Å². The van der Waals surface area contributed by atoms with Crippen LogP contribution in [-0.2, 0) is 4.74 Å². The quantitative estimate of drug-likeness (QED) is 0.579. The lowest BCUT2D eigenvalue weighted by atomic mass is 10.1. The Morgan fingerprint density at radius 1 is 1.38 bits per heavy atom. The number of guanidine groups is 1. The highest BCUT2D eigenvalue weighted by molar-refractivity contribution is 5.80. The highest BCUT2D eigenvalue weighted by atomic mass is 16.5. The van der Waals surface area contributed by atoms with Crippen LogP contribution in [0.3, 0.4) is 0 Å². The number of rotatable bonds is 6. The van der Waals surface area contributed by atoms with Gasteiger partial charge in [-0.3, -0.25) is 9.89 Å². The first kappa shape index (κ1) is 18.2. The maximum Gasteiger partial charge on any atom is 0.191 e. The highest BCUT2D eigenvalue weighted by Crippen LogP contribution is 2.18. The number of likely N-dealkylation sites (tertiary alicyclic amines) is 1. The molecule has 124 valence electrons. The molecule has 2 N–H and O–H groups in total. The van der Waals surface area contributed by atoms with Gasteiger partial charge in [0.2, 0.25) is 0 Å². The first-order valence-electron chi connectivity index (χ1n) is 8.13. The molecule has 21 heavy (non-hydrogen) atoms. The van der Waals surface area contributed by atoms with Crippen molar-refractivity contribution < 1.29 is 4.74 Å². The van der Waals surface area contributed by atoms with Gasteiger partial charge in [0.25, 0.3) is 0 Å². The fourth-order valence-electron chi connectivity index (χ4n) is 2.44. The van der Waals surface area contributed by atoms with Crippen molar-refractivity contribution in [2.75, 3.05) is 33.3 Å². The summed E-state index contributed by atoms with van der Waals surface area (Å²) >= 11 is 0. The van der Waals surface area contributed by atoms with Gasteiger partial charge in [-0.15, -0.1) is 0 Å². The molecule has 0 spiro atoms. The maximum atomic E-state index is 5.43. The minimum atomic E-state index is -0.229. The van der Waals surface area contributed by atoms with Crippen molar-refractivity contribution in [1.82, 2.24) is 15.5 Å². The van der Waals surface area contributed by atoms with Crippen LogP contribution in [0, 0.1) is 5.92 Å². The van der Waals surface area contributed by atoms with Gasteiger partial charge in [-0.2, -0.15) is 0 Å². The van der Waals surface area contributed by atoms with Crippen molar-refractivity contribution in [3.63, 3.8) is 0 Å².